The number of hydrogen-bond donors (Lipinski definition) is 1. The van der Waals surface area contributed by atoms with Crippen LogP contribution in [0.3, 0.4) is 0 Å². The van der Waals surface area contributed by atoms with Crippen molar-refractivity contribution in [2.24, 2.45) is 13.0 Å². The number of aliphatic hydroxyl groups is 1. The third-order valence-electron chi connectivity index (χ3n) is 2.64. The topological polar surface area (TPSA) is 38.0 Å². The molecule has 1 atom stereocenters. The van der Waals surface area contributed by atoms with Crippen molar-refractivity contribution in [1.29, 1.82) is 0 Å². The van der Waals surface area contributed by atoms with Gasteiger partial charge >= 0.3 is 0 Å². The van der Waals surface area contributed by atoms with Gasteiger partial charge in [-0.25, -0.2) is 4.98 Å². The first kappa shape index (κ1) is 10.3. The maximum absolute atomic E-state index is 10.3. The van der Waals surface area contributed by atoms with Gasteiger partial charge in [-0.1, -0.05) is 20.8 Å². The zero-order valence-electron chi connectivity index (χ0n) is 8.78. The van der Waals surface area contributed by atoms with E-state index in [1.807, 2.05) is 38.6 Å². The lowest BCUT2D eigenvalue weighted by atomic mass is 9.85. The van der Waals surface area contributed by atoms with Crippen molar-refractivity contribution in [1.82, 2.24) is 9.55 Å². The van der Waals surface area contributed by atoms with E-state index in [2.05, 4.69) is 4.98 Å². The minimum atomic E-state index is -0.777. The van der Waals surface area contributed by atoms with Crippen LogP contribution < -0.4 is 0 Å². The second-order valence-corrected chi connectivity index (χ2v) is 3.86. The minimum absolute atomic E-state index is 0.187. The standard InChI is InChI=1S/C10H18N2O/c1-5-10(13,8(2)3)9-6-12(4)7-11-9/h6-8,13H,5H2,1-4H3. The van der Waals surface area contributed by atoms with Crippen LogP contribution in [-0.4, -0.2) is 14.7 Å². The number of aromatic nitrogens is 2. The second-order valence-electron chi connectivity index (χ2n) is 3.86. The number of imidazole rings is 1. The predicted molar refractivity (Wildman–Crippen MR) is 52.2 cm³/mol. The van der Waals surface area contributed by atoms with Crippen LogP contribution in [0.2, 0.25) is 0 Å². The summed E-state index contributed by atoms with van der Waals surface area (Å²) >= 11 is 0. The van der Waals surface area contributed by atoms with Crippen LogP contribution in [0.5, 0.6) is 0 Å². The summed E-state index contributed by atoms with van der Waals surface area (Å²) < 4.78 is 1.86. The molecule has 3 nitrogen and oxygen atoms in total. The molecule has 74 valence electrons. The third kappa shape index (κ3) is 1.75. The van der Waals surface area contributed by atoms with E-state index < -0.39 is 5.60 Å². The zero-order valence-corrected chi connectivity index (χ0v) is 8.78. The molecule has 1 rings (SSSR count). The normalized spacial score (nSPS) is 16.2. The van der Waals surface area contributed by atoms with E-state index in [0.29, 0.717) is 6.42 Å². The van der Waals surface area contributed by atoms with Crippen molar-refractivity contribution in [3.8, 4) is 0 Å². The highest BCUT2D eigenvalue weighted by atomic mass is 16.3. The minimum Gasteiger partial charge on any atom is -0.383 e. The SMILES string of the molecule is CCC(O)(c1cn(C)cn1)C(C)C. The molecule has 0 saturated carbocycles. The van der Waals surface area contributed by atoms with Crippen molar-refractivity contribution in [2.75, 3.05) is 0 Å². The number of hydrogen-bond acceptors (Lipinski definition) is 2. The van der Waals surface area contributed by atoms with Gasteiger partial charge in [-0.3, -0.25) is 0 Å². The fourth-order valence-electron chi connectivity index (χ4n) is 1.52. The Kier molecular flexibility index (Phi) is 2.76. The van der Waals surface area contributed by atoms with Gasteiger partial charge in [0.2, 0.25) is 0 Å². The quantitative estimate of drug-likeness (QED) is 0.772. The molecule has 0 radical (unpaired) electrons. The summed E-state index contributed by atoms with van der Waals surface area (Å²) in [7, 11) is 1.91. The van der Waals surface area contributed by atoms with Crippen molar-refractivity contribution in [3.63, 3.8) is 0 Å². The van der Waals surface area contributed by atoms with E-state index in [-0.39, 0.29) is 5.92 Å². The summed E-state index contributed by atoms with van der Waals surface area (Å²) in [6, 6.07) is 0. The molecule has 1 aromatic heterocycles. The Morgan fingerprint density at radius 1 is 1.62 bits per heavy atom. The van der Waals surface area contributed by atoms with Gasteiger partial charge in [-0.15, -0.1) is 0 Å². The molecular formula is C10H18N2O. The molecule has 0 fully saturated rings. The number of rotatable bonds is 3. The van der Waals surface area contributed by atoms with Gasteiger partial charge in [0.15, 0.2) is 0 Å². The highest BCUT2D eigenvalue weighted by Crippen LogP contribution is 2.31. The van der Waals surface area contributed by atoms with Gasteiger partial charge in [0.05, 0.1) is 12.0 Å². The monoisotopic (exact) mass is 182 g/mol. The Balaban J connectivity index is 3.02. The molecule has 13 heavy (non-hydrogen) atoms. The van der Waals surface area contributed by atoms with Gasteiger partial charge < -0.3 is 9.67 Å². The maximum atomic E-state index is 10.3. The molecule has 0 bridgehead atoms. The van der Waals surface area contributed by atoms with Crippen molar-refractivity contribution >= 4 is 0 Å². The van der Waals surface area contributed by atoms with E-state index in [0.717, 1.165) is 5.69 Å². The van der Waals surface area contributed by atoms with E-state index in [1.54, 1.807) is 6.33 Å². The smallest absolute Gasteiger partial charge is 0.110 e. The van der Waals surface area contributed by atoms with E-state index in [9.17, 15) is 5.11 Å². The van der Waals surface area contributed by atoms with Crippen LogP contribution in [0.4, 0.5) is 0 Å². The fourth-order valence-corrected chi connectivity index (χ4v) is 1.52. The molecule has 1 heterocycles. The van der Waals surface area contributed by atoms with E-state index >= 15 is 0 Å². The molecule has 0 aliphatic heterocycles. The van der Waals surface area contributed by atoms with Crippen LogP contribution >= 0.6 is 0 Å². The lowest BCUT2D eigenvalue weighted by molar-refractivity contribution is -0.0177. The van der Waals surface area contributed by atoms with Crippen LogP contribution in [0, 0.1) is 5.92 Å². The largest absolute Gasteiger partial charge is 0.383 e. The Morgan fingerprint density at radius 2 is 2.23 bits per heavy atom. The van der Waals surface area contributed by atoms with Crippen molar-refractivity contribution < 1.29 is 5.11 Å². The van der Waals surface area contributed by atoms with Gasteiger partial charge in [-0.05, 0) is 12.3 Å². The molecule has 0 amide bonds. The Morgan fingerprint density at radius 3 is 2.54 bits per heavy atom. The van der Waals surface area contributed by atoms with Crippen LogP contribution in [0.1, 0.15) is 32.9 Å². The first-order valence-electron chi connectivity index (χ1n) is 4.71. The summed E-state index contributed by atoms with van der Waals surface area (Å²) in [4.78, 5) is 4.19. The predicted octanol–water partition coefficient (Wildman–Crippen LogP) is 1.67. The molecule has 1 unspecified atom stereocenters. The first-order valence-corrected chi connectivity index (χ1v) is 4.71. The van der Waals surface area contributed by atoms with E-state index in [1.165, 1.54) is 0 Å². The van der Waals surface area contributed by atoms with Crippen molar-refractivity contribution in [2.45, 2.75) is 32.8 Å². The molecule has 0 aliphatic carbocycles. The fraction of sp³-hybridized carbons (Fsp3) is 0.700. The lowest BCUT2D eigenvalue weighted by Crippen LogP contribution is -2.31. The molecule has 1 N–H and O–H groups in total. The molecule has 0 saturated heterocycles. The molecular weight excluding hydrogens is 164 g/mol. The molecule has 0 aliphatic rings. The highest BCUT2D eigenvalue weighted by molar-refractivity contribution is 5.09. The Labute approximate surface area is 79.4 Å². The molecule has 1 aromatic rings. The Bertz CT molecular complexity index is 280. The summed E-state index contributed by atoms with van der Waals surface area (Å²) in [5, 5.41) is 10.3. The highest BCUT2D eigenvalue weighted by Gasteiger charge is 2.33. The van der Waals surface area contributed by atoms with Crippen LogP contribution in [0.15, 0.2) is 12.5 Å². The third-order valence-corrected chi connectivity index (χ3v) is 2.64. The second kappa shape index (κ2) is 3.50. The van der Waals surface area contributed by atoms with E-state index in [4.69, 9.17) is 0 Å². The van der Waals surface area contributed by atoms with Gasteiger partial charge in [0, 0.05) is 13.2 Å². The molecule has 3 heteroatoms. The van der Waals surface area contributed by atoms with Crippen LogP contribution in [-0.2, 0) is 12.6 Å². The average molecular weight is 182 g/mol. The van der Waals surface area contributed by atoms with Gasteiger partial charge in [-0.2, -0.15) is 0 Å². The summed E-state index contributed by atoms with van der Waals surface area (Å²) in [5.74, 6) is 0.187. The Hall–Kier alpha value is -0.830. The summed E-state index contributed by atoms with van der Waals surface area (Å²) in [6.45, 7) is 6.01. The average Bonchev–Trinajstić information content (AvgIpc) is 2.50. The number of nitrogens with zero attached hydrogens (tertiary/aromatic N) is 2. The molecule has 0 aromatic carbocycles. The van der Waals surface area contributed by atoms with Gasteiger partial charge in [0.25, 0.3) is 0 Å². The van der Waals surface area contributed by atoms with Crippen LogP contribution in [0.25, 0.3) is 0 Å². The first-order chi connectivity index (χ1) is 6.00. The maximum Gasteiger partial charge on any atom is 0.110 e. The van der Waals surface area contributed by atoms with Gasteiger partial charge in [0.1, 0.15) is 5.60 Å². The summed E-state index contributed by atoms with van der Waals surface area (Å²) in [5.41, 5.74) is -0.00569. The zero-order chi connectivity index (χ0) is 10.1. The molecule has 0 spiro atoms. The van der Waals surface area contributed by atoms with Crippen molar-refractivity contribution in [3.05, 3.63) is 18.2 Å². The lowest BCUT2D eigenvalue weighted by Gasteiger charge is -2.29. The summed E-state index contributed by atoms with van der Waals surface area (Å²) in [6.07, 6.45) is 4.30. The number of aryl methyl sites for hydroxylation is 1.